The molecule has 0 N–H and O–H groups in total. The Morgan fingerprint density at radius 1 is 0.575 bits per heavy atom. The summed E-state index contributed by atoms with van der Waals surface area (Å²) in [5.74, 6) is 0. The van der Waals surface area contributed by atoms with Crippen LogP contribution in [0.2, 0.25) is 0 Å². The van der Waals surface area contributed by atoms with Crippen molar-refractivity contribution in [2.75, 3.05) is 0 Å². The molecule has 6 rings (SSSR count). The molecule has 0 aliphatic heterocycles. The van der Waals surface area contributed by atoms with Gasteiger partial charge in [0.15, 0.2) is 7.14 Å². The minimum Gasteiger partial charge on any atom is -0.310 e. The van der Waals surface area contributed by atoms with E-state index in [2.05, 4.69) is 22.1 Å². The minimum absolute atomic E-state index is 0. The summed E-state index contributed by atoms with van der Waals surface area (Å²) >= 11 is 0. The van der Waals surface area contributed by atoms with Crippen molar-refractivity contribution in [3.8, 4) is 22.5 Å². The molecule has 199 valence electrons. The molecule has 2 aromatic heterocycles. The van der Waals surface area contributed by atoms with E-state index in [9.17, 15) is 4.57 Å². The van der Waals surface area contributed by atoms with Crippen LogP contribution in [0.4, 0.5) is 0 Å². The fourth-order valence-corrected chi connectivity index (χ4v) is 6.90. The molecule has 40 heavy (non-hydrogen) atoms. The van der Waals surface area contributed by atoms with Crippen LogP contribution in [-0.2, 0) is 24.7 Å². The fourth-order valence-electron chi connectivity index (χ4n) is 4.22. The molecule has 0 amide bonds. The standard InChI is InChI=1S/C24H19NOP.C11H8N.Ir/c1-19-15-16-24(25-18-19)20-9-8-14-23(17-20)27(26,21-10-4-2-5-11-21)22-12-6-3-7-13-22;1-2-6-10(7-3-1)11-8-4-5-9-12-11;/h2-8,10-18H,1H3;1-6,8-9H;/q2*-1;. The first-order valence-electron chi connectivity index (χ1n) is 12.7. The summed E-state index contributed by atoms with van der Waals surface area (Å²) in [6.45, 7) is 2.01. The van der Waals surface area contributed by atoms with Crippen molar-refractivity contribution in [1.29, 1.82) is 0 Å². The van der Waals surface area contributed by atoms with Crippen molar-refractivity contribution >= 4 is 23.1 Å². The second-order valence-corrected chi connectivity index (χ2v) is 11.7. The largest absolute Gasteiger partial charge is 0.310 e. The SMILES string of the molecule is Cc1ccc(-c2[c-]ccc(P(=O)(c3ccccc3)c3ccccc3)c2)nc1.[Ir].[c-]1ccccc1-c1ccccn1. The maximum atomic E-state index is 14.4. The quantitative estimate of drug-likeness (QED) is 0.142. The molecule has 0 aliphatic rings. The van der Waals surface area contributed by atoms with Gasteiger partial charge in [0.25, 0.3) is 0 Å². The first-order chi connectivity index (χ1) is 19.1. The van der Waals surface area contributed by atoms with Gasteiger partial charge in [-0.2, -0.15) is 0 Å². The van der Waals surface area contributed by atoms with Crippen molar-refractivity contribution in [3.05, 3.63) is 164 Å². The zero-order valence-electron chi connectivity index (χ0n) is 21.9. The van der Waals surface area contributed by atoms with Crippen LogP contribution in [0.3, 0.4) is 0 Å². The Labute approximate surface area is 249 Å². The molecule has 0 aliphatic carbocycles. The summed E-state index contributed by atoms with van der Waals surface area (Å²) in [5.41, 5.74) is 4.79. The molecule has 0 saturated heterocycles. The van der Waals surface area contributed by atoms with Crippen LogP contribution in [0.15, 0.2) is 146 Å². The van der Waals surface area contributed by atoms with Crippen molar-refractivity contribution in [2.24, 2.45) is 0 Å². The summed E-state index contributed by atoms with van der Waals surface area (Å²) in [6, 6.07) is 49.1. The third kappa shape index (κ3) is 6.79. The van der Waals surface area contributed by atoms with Crippen LogP contribution >= 0.6 is 7.14 Å². The summed E-state index contributed by atoms with van der Waals surface area (Å²) in [7, 11) is -2.98. The molecule has 5 heteroatoms. The van der Waals surface area contributed by atoms with Gasteiger partial charge in [0, 0.05) is 43.1 Å². The molecule has 0 saturated carbocycles. The Balaban J connectivity index is 0.000000238. The van der Waals surface area contributed by atoms with E-state index in [1.165, 1.54) is 0 Å². The van der Waals surface area contributed by atoms with Crippen LogP contribution < -0.4 is 15.9 Å². The molecule has 3 nitrogen and oxygen atoms in total. The van der Waals surface area contributed by atoms with Crippen molar-refractivity contribution < 1.29 is 24.7 Å². The van der Waals surface area contributed by atoms with E-state index in [0.29, 0.717) is 0 Å². The topological polar surface area (TPSA) is 42.9 Å². The predicted molar refractivity (Wildman–Crippen MR) is 161 cm³/mol. The van der Waals surface area contributed by atoms with E-state index in [1.54, 1.807) is 6.20 Å². The third-order valence-electron chi connectivity index (χ3n) is 6.23. The zero-order chi connectivity index (χ0) is 26.9. The predicted octanol–water partition coefficient (Wildman–Crippen LogP) is 7.04. The average molecular weight is 715 g/mol. The van der Waals surface area contributed by atoms with Gasteiger partial charge in [0.05, 0.1) is 0 Å². The van der Waals surface area contributed by atoms with E-state index in [1.807, 2.05) is 147 Å². The molecule has 0 unspecified atom stereocenters. The molecule has 2 heterocycles. The van der Waals surface area contributed by atoms with Crippen LogP contribution in [0.5, 0.6) is 0 Å². The molecule has 4 aromatic carbocycles. The molecule has 0 atom stereocenters. The Kier molecular flexibility index (Phi) is 10.1. The van der Waals surface area contributed by atoms with Crippen LogP contribution in [0.25, 0.3) is 22.5 Å². The fraction of sp³-hybridized carbons (Fsp3) is 0.0286. The summed E-state index contributed by atoms with van der Waals surface area (Å²) < 4.78 is 14.4. The molecule has 0 fully saturated rings. The van der Waals surface area contributed by atoms with Crippen molar-refractivity contribution in [3.63, 3.8) is 0 Å². The number of hydrogen-bond donors (Lipinski definition) is 0. The van der Waals surface area contributed by atoms with Crippen LogP contribution in [0.1, 0.15) is 5.56 Å². The van der Waals surface area contributed by atoms with E-state index >= 15 is 0 Å². The van der Waals surface area contributed by atoms with E-state index in [-0.39, 0.29) is 20.1 Å². The van der Waals surface area contributed by atoms with E-state index in [0.717, 1.165) is 44.0 Å². The summed E-state index contributed by atoms with van der Waals surface area (Å²) in [6.07, 6.45) is 3.63. The zero-order valence-corrected chi connectivity index (χ0v) is 25.2. The monoisotopic (exact) mass is 715 g/mol. The first kappa shape index (κ1) is 29.1. The van der Waals surface area contributed by atoms with Gasteiger partial charge in [-0.3, -0.25) is 0 Å². The Morgan fingerprint density at radius 3 is 1.77 bits per heavy atom. The number of benzene rings is 4. The van der Waals surface area contributed by atoms with Crippen LogP contribution in [0, 0.1) is 19.1 Å². The van der Waals surface area contributed by atoms with Gasteiger partial charge in [-0.15, -0.1) is 65.7 Å². The van der Waals surface area contributed by atoms with Crippen LogP contribution in [-0.4, -0.2) is 9.97 Å². The summed E-state index contributed by atoms with van der Waals surface area (Å²) in [5, 5.41) is 2.44. The average Bonchev–Trinajstić information content (AvgIpc) is 3.03. The molecule has 0 bridgehead atoms. The first-order valence-corrected chi connectivity index (χ1v) is 14.4. The van der Waals surface area contributed by atoms with Gasteiger partial charge in [-0.1, -0.05) is 90.2 Å². The van der Waals surface area contributed by atoms with Gasteiger partial charge in [0.1, 0.15) is 0 Å². The van der Waals surface area contributed by atoms with Gasteiger partial charge in [-0.05, 0) is 29.9 Å². The second-order valence-electron chi connectivity index (χ2n) is 8.95. The van der Waals surface area contributed by atoms with E-state index < -0.39 is 7.14 Å². The third-order valence-corrected chi connectivity index (χ3v) is 9.28. The Bertz CT molecular complexity index is 1580. The van der Waals surface area contributed by atoms with Gasteiger partial charge < -0.3 is 14.5 Å². The maximum absolute atomic E-state index is 14.4. The van der Waals surface area contributed by atoms with Gasteiger partial charge >= 0.3 is 0 Å². The molecular formula is C35H27IrN2OP-2. The second kappa shape index (κ2) is 13.9. The molecular weight excluding hydrogens is 688 g/mol. The smallest absolute Gasteiger partial charge is 0.153 e. The number of aryl methyl sites for hydroxylation is 1. The number of rotatable bonds is 5. The molecule has 0 spiro atoms. The maximum Gasteiger partial charge on any atom is 0.153 e. The molecule has 6 aromatic rings. The molecule has 1 radical (unpaired) electrons. The van der Waals surface area contributed by atoms with Crippen molar-refractivity contribution in [1.82, 2.24) is 9.97 Å². The number of nitrogens with zero attached hydrogens (tertiary/aromatic N) is 2. The summed E-state index contributed by atoms with van der Waals surface area (Å²) in [4.78, 5) is 8.71. The van der Waals surface area contributed by atoms with E-state index in [4.69, 9.17) is 0 Å². The number of hydrogen-bond acceptors (Lipinski definition) is 3. The Hall–Kier alpha value is -3.94. The van der Waals surface area contributed by atoms with Gasteiger partial charge in [0.2, 0.25) is 0 Å². The number of aromatic nitrogens is 2. The number of pyridine rings is 2. The van der Waals surface area contributed by atoms with Crippen molar-refractivity contribution in [2.45, 2.75) is 6.92 Å². The normalized spacial score (nSPS) is 10.5. The Morgan fingerprint density at radius 2 is 1.20 bits per heavy atom. The minimum atomic E-state index is -2.98. The van der Waals surface area contributed by atoms with Gasteiger partial charge in [-0.25, -0.2) is 0 Å².